The van der Waals surface area contributed by atoms with Crippen molar-refractivity contribution in [3.05, 3.63) is 64.2 Å². The predicted molar refractivity (Wildman–Crippen MR) is 82.9 cm³/mol. The first kappa shape index (κ1) is 13.2. The average Bonchev–Trinajstić information content (AvgIpc) is 3.01. The molecule has 0 amide bonds. The van der Waals surface area contributed by atoms with E-state index in [0.29, 0.717) is 6.61 Å². The Morgan fingerprint density at radius 1 is 0.905 bits per heavy atom. The Kier molecular flexibility index (Phi) is 3.36. The van der Waals surface area contributed by atoms with Gasteiger partial charge in [0.25, 0.3) is 0 Å². The summed E-state index contributed by atoms with van der Waals surface area (Å²) in [5.74, 6) is 1.01. The van der Waals surface area contributed by atoms with Crippen LogP contribution in [-0.4, -0.2) is 6.61 Å². The van der Waals surface area contributed by atoms with Gasteiger partial charge in [-0.3, -0.25) is 0 Å². The highest BCUT2D eigenvalue weighted by Gasteiger charge is 2.18. The molecule has 0 aliphatic carbocycles. The minimum atomic E-state index is -0.122. The van der Waals surface area contributed by atoms with Crippen LogP contribution in [0.3, 0.4) is 0 Å². The minimum absolute atomic E-state index is 0.122. The van der Waals surface area contributed by atoms with Gasteiger partial charge in [0.2, 0.25) is 0 Å². The molecule has 108 valence electrons. The summed E-state index contributed by atoms with van der Waals surface area (Å²) in [7, 11) is 0. The van der Waals surface area contributed by atoms with E-state index in [4.69, 9.17) is 21.1 Å². The number of hydrogen-bond donors (Lipinski definition) is 0. The molecule has 2 nitrogen and oxygen atoms in total. The zero-order valence-corrected chi connectivity index (χ0v) is 12.5. The Hall–Kier alpha value is -1.51. The molecule has 0 radical (unpaired) electrons. The number of fused-ring (bicyclic) bond motifs is 2. The second-order valence-electron chi connectivity index (χ2n) is 5.70. The fourth-order valence-electron chi connectivity index (χ4n) is 3.08. The van der Waals surface area contributed by atoms with Gasteiger partial charge in [0.1, 0.15) is 5.75 Å². The largest absolute Gasteiger partial charge is 0.493 e. The monoisotopic (exact) mass is 300 g/mol. The van der Waals surface area contributed by atoms with E-state index in [9.17, 15) is 0 Å². The third-order valence-electron chi connectivity index (χ3n) is 4.26. The maximum Gasteiger partial charge on any atom is 0.122 e. The summed E-state index contributed by atoms with van der Waals surface area (Å²) < 4.78 is 11.1. The summed E-state index contributed by atoms with van der Waals surface area (Å²) in [5, 5.41) is -0.122. The zero-order chi connectivity index (χ0) is 14.2. The molecule has 21 heavy (non-hydrogen) atoms. The van der Waals surface area contributed by atoms with Crippen molar-refractivity contribution >= 4 is 11.6 Å². The van der Waals surface area contributed by atoms with Crippen LogP contribution in [0.1, 0.15) is 39.6 Å². The smallest absolute Gasteiger partial charge is 0.122 e. The highest BCUT2D eigenvalue weighted by atomic mass is 35.5. The molecule has 1 atom stereocenters. The number of rotatable bonds is 2. The Morgan fingerprint density at radius 2 is 1.67 bits per heavy atom. The third-order valence-corrected chi connectivity index (χ3v) is 4.77. The average molecular weight is 301 g/mol. The van der Waals surface area contributed by atoms with Crippen LogP contribution in [0.25, 0.3) is 0 Å². The summed E-state index contributed by atoms with van der Waals surface area (Å²) in [6.07, 6.45) is 2.16. The summed E-state index contributed by atoms with van der Waals surface area (Å²) >= 11 is 6.69. The van der Waals surface area contributed by atoms with Gasteiger partial charge in [-0.2, -0.15) is 0 Å². The van der Waals surface area contributed by atoms with Crippen LogP contribution >= 0.6 is 11.6 Å². The molecule has 2 aliphatic rings. The molecular formula is C18H17ClO2. The molecule has 2 heterocycles. The van der Waals surface area contributed by atoms with Crippen molar-refractivity contribution in [1.29, 1.82) is 0 Å². The lowest BCUT2D eigenvalue weighted by Crippen LogP contribution is -2.09. The Balaban J connectivity index is 1.66. The van der Waals surface area contributed by atoms with Gasteiger partial charge in [-0.1, -0.05) is 30.3 Å². The van der Waals surface area contributed by atoms with E-state index in [0.717, 1.165) is 42.9 Å². The van der Waals surface area contributed by atoms with Crippen molar-refractivity contribution < 1.29 is 9.47 Å². The Bertz CT molecular complexity index is 681. The summed E-state index contributed by atoms with van der Waals surface area (Å²) in [6, 6.07) is 12.7. The van der Waals surface area contributed by atoms with Gasteiger partial charge in [-0.15, -0.1) is 11.6 Å². The number of aryl methyl sites for hydroxylation is 1. The SMILES string of the molecule is ClC(c1ccc2c(c1)COC2)c1ccc2c(c1)CCCO2. The van der Waals surface area contributed by atoms with Crippen molar-refractivity contribution in [3.8, 4) is 5.75 Å². The number of benzene rings is 2. The van der Waals surface area contributed by atoms with Crippen LogP contribution < -0.4 is 4.74 Å². The van der Waals surface area contributed by atoms with Crippen LogP contribution in [0.4, 0.5) is 0 Å². The number of hydrogen-bond acceptors (Lipinski definition) is 2. The van der Waals surface area contributed by atoms with Crippen LogP contribution in [0.15, 0.2) is 36.4 Å². The van der Waals surface area contributed by atoms with Crippen LogP contribution in [0.2, 0.25) is 0 Å². The van der Waals surface area contributed by atoms with E-state index in [1.54, 1.807) is 0 Å². The first-order chi connectivity index (χ1) is 10.3. The van der Waals surface area contributed by atoms with E-state index in [2.05, 4.69) is 36.4 Å². The molecule has 4 rings (SSSR count). The highest BCUT2D eigenvalue weighted by Crippen LogP contribution is 2.35. The molecule has 1 unspecified atom stereocenters. The molecule has 0 saturated carbocycles. The number of halogens is 1. The first-order valence-electron chi connectivity index (χ1n) is 7.40. The van der Waals surface area contributed by atoms with Crippen LogP contribution in [0, 0.1) is 0 Å². The molecule has 3 heteroatoms. The molecule has 0 fully saturated rings. The van der Waals surface area contributed by atoms with E-state index in [1.807, 2.05) is 0 Å². The quantitative estimate of drug-likeness (QED) is 0.767. The third kappa shape index (κ3) is 2.43. The Morgan fingerprint density at radius 3 is 2.57 bits per heavy atom. The van der Waals surface area contributed by atoms with Gasteiger partial charge in [0, 0.05) is 0 Å². The Labute approximate surface area is 129 Å². The molecule has 2 aromatic rings. The number of alkyl halides is 1. The molecule has 0 spiro atoms. The molecule has 0 aromatic heterocycles. The maximum absolute atomic E-state index is 6.69. The molecule has 0 N–H and O–H groups in total. The van der Waals surface area contributed by atoms with Crippen LogP contribution in [-0.2, 0) is 24.4 Å². The lowest BCUT2D eigenvalue weighted by Gasteiger charge is -2.19. The van der Waals surface area contributed by atoms with Gasteiger partial charge in [0.15, 0.2) is 0 Å². The topological polar surface area (TPSA) is 18.5 Å². The maximum atomic E-state index is 6.69. The molecule has 2 aromatic carbocycles. The molecule has 0 saturated heterocycles. The van der Waals surface area contributed by atoms with Gasteiger partial charge in [-0.25, -0.2) is 0 Å². The van der Waals surface area contributed by atoms with E-state index in [-0.39, 0.29) is 5.38 Å². The fraction of sp³-hybridized carbons (Fsp3) is 0.333. The van der Waals surface area contributed by atoms with Gasteiger partial charge in [-0.05, 0) is 46.7 Å². The molecule has 0 bridgehead atoms. The van der Waals surface area contributed by atoms with Gasteiger partial charge in [0.05, 0.1) is 25.2 Å². The fourth-order valence-corrected chi connectivity index (χ4v) is 3.35. The zero-order valence-electron chi connectivity index (χ0n) is 11.8. The standard InChI is InChI=1S/C18H17ClO2/c19-18(13-3-4-15-10-20-11-16(15)9-13)14-5-6-17-12(8-14)2-1-7-21-17/h3-6,8-9,18H,1-2,7,10-11H2. The lowest BCUT2D eigenvalue weighted by molar-refractivity contribution is 0.134. The molecular weight excluding hydrogens is 284 g/mol. The van der Waals surface area contributed by atoms with Crippen molar-refractivity contribution in [2.45, 2.75) is 31.4 Å². The van der Waals surface area contributed by atoms with Crippen molar-refractivity contribution in [2.24, 2.45) is 0 Å². The second kappa shape index (κ2) is 5.36. The normalized spacial score (nSPS) is 17.8. The van der Waals surface area contributed by atoms with E-state index in [1.165, 1.54) is 16.7 Å². The van der Waals surface area contributed by atoms with E-state index >= 15 is 0 Å². The molecule has 2 aliphatic heterocycles. The van der Waals surface area contributed by atoms with Gasteiger partial charge >= 0.3 is 0 Å². The van der Waals surface area contributed by atoms with Gasteiger partial charge < -0.3 is 9.47 Å². The first-order valence-corrected chi connectivity index (χ1v) is 7.84. The van der Waals surface area contributed by atoms with E-state index < -0.39 is 0 Å². The summed E-state index contributed by atoms with van der Waals surface area (Å²) in [5.41, 5.74) is 6.09. The van der Waals surface area contributed by atoms with Crippen molar-refractivity contribution in [2.75, 3.05) is 6.61 Å². The lowest BCUT2D eigenvalue weighted by atomic mass is 9.97. The van der Waals surface area contributed by atoms with Crippen molar-refractivity contribution in [1.82, 2.24) is 0 Å². The minimum Gasteiger partial charge on any atom is -0.493 e. The highest BCUT2D eigenvalue weighted by molar-refractivity contribution is 6.22. The predicted octanol–water partition coefficient (Wildman–Crippen LogP) is 4.37. The number of ether oxygens (including phenoxy) is 2. The summed E-state index contributed by atoms with van der Waals surface area (Å²) in [4.78, 5) is 0. The second-order valence-corrected chi connectivity index (χ2v) is 6.14. The van der Waals surface area contributed by atoms with Crippen LogP contribution in [0.5, 0.6) is 5.75 Å². The summed E-state index contributed by atoms with van der Waals surface area (Å²) in [6.45, 7) is 2.24. The van der Waals surface area contributed by atoms with Crippen molar-refractivity contribution in [3.63, 3.8) is 0 Å².